The Hall–Kier alpha value is -3.72. The van der Waals surface area contributed by atoms with Crippen LogP contribution in [0.5, 0.6) is 5.88 Å². The number of ether oxygens (including phenoxy) is 2. The van der Waals surface area contributed by atoms with Crippen molar-refractivity contribution in [1.82, 2.24) is 9.38 Å². The van der Waals surface area contributed by atoms with Gasteiger partial charge in [0.15, 0.2) is 6.61 Å². The SMILES string of the molecule is COC(=O)COc1nc(C)cn2c(Cc3ccccc3)c(CCCO)c(C(=O)C(N)=O)c12. The van der Waals surface area contributed by atoms with E-state index in [1.54, 1.807) is 17.5 Å². The van der Waals surface area contributed by atoms with E-state index in [0.717, 1.165) is 11.3 Å². The Morgan fingerprint density at radius 3 is 2.53 bits per heavy atom. The number of fused-ring (bicyclic) bond motifs is 1. The Morgan fingerprint density at radius 1 is 1.19 bits per heavy atom. The number of rotatable bonds is 10. The summed E-state index contributed by atoms with van der Waals surface area (Å²) in [7, 11) is 1.23. The van der Waals surface area contributed by atoms with Gasteiger partial charge in [-0.1, -0.05) is 30.3 Å². The van der Waals surface area contributed by atoms with Crippen molar-refractivity contribution < 1.29 is 29.0 Å². The van der Waals surface area contributed by atoms with Gasteiger partial charge in [0.1, 0.15) is 5.52 Å². The van der Waals surface area contributed by atoms with Crippen molar-refractivity contribution in [2.75, 3.05) is 20.3 Å². The molecule has 2 aromatic heterocycles. The number of benzene rings is 1. The molecule has 0 saturated carbocycles. The number of carbonyl (C=O) groups excluding carboxylic acids is 3. The Labute approximate surface area is 184 Å². The van der Waals surface area contributed by atoms with Gasteiger partial charge in [-0.05, 0) is 30.9 Å². The van der Waals surface area contributed by atoms with Crippen LogP contribution in [-0.2, 0) is 27.2 Å². The number of aryl methyl sites for hydroxylation is 1. The number of ketones is 1. The van der Waals surface area contributed by atoms with E-state index in [2.05, 4.69) is 9.72 Å². The van der Waals surface area contributed by atoms with Crippen LogP contribution in [0.15, 0.2) is 36.5 Å². The fourth-order valence-electron chi connectivity index (χ4n) is 3.63. The Kier molecular flexibility index (Phi) is 7.21. The fourth-order valence-corrected chi connectivity index (χ4v) is 3.63. The van der Waals surface area contributed by atoms with Crippen molar-refractivity contribution in [3.8, 4) is 5.88 Å². The Bertz CT molecular complexity index is 1150. The molecule has 1 amide bonds. The van der Waals surface area contributed by atoms with Crippen LogP contribution in [0, 0.1) is 6.92 Å². The lowest BCUT2D eigenvalue weighted by Gasteiger charge is -2.10. The molecule has 0 unspecified atom stereocenters. The maximum Gasteiger partial charge on any atom is 0.343 e. The highest BCUT2D eigenvalue weighted by molar-refractivity contribution is 6.44. The number of nitrogens with two attached hydrogens (primary N) is 1. The summed E-state index contributed by atoms with van der Waals surface area (Å²) in [4.78, 5) is 40.8. The smallest absolute Gasteiger partial charge is 0.343 e. The normalized spacial score (nSPS) is 10.8. The summed E-state index contributed by atoms with van der Waals surface area (Å²) in [6.45, 7) is 1.24. The Morgan fingerprint density at radius 2 is 1.91 bits per heavy atom. The van der Waals surface area contributed by atoms with E-state index in [9.17, 15) is 19.5 Å². The molecule has 9 heteroatoms. The van der Waals surface area contributed by atoms with E-state index in [1.807, 2.05) is 30.3 Å². The summed E-state index contributed by atoms with van der Waals surface area (Å²) in [5, 5.41) is 9.42. The van der Waals surface area contributed by atoms with E-state index in [-0.39, 0.29) is 23.6 Å². The monoisotopic (exact) mass is 439 g/mol. The number of esters is 1. The van der Waals surface area contributed by atoms with Crippen molar-refractivity contribution in [2.24, 2.45) is 5.73 Å². The Balaban J connectivity index is 2.31. The van der Waals surface area contributed by atoms with Crippen molar-refractivity contribution >= 4 is 23.2 Å². The van der Waals surface area contributed by atoms with E-state index in [1.165, 1.54) is 7.11 Å². The van der Waals surface area contributed by atoms with Gasteiger partial charge in [-0.3, -0.25) is 9.59 Å². The zero-order chi connectivity index (χ0) is 23.3. The van der Waals surface area contributed by atoms with Gasteiger partial charge in [-0.15, -0.1) is 0 Å². The molecule has 0 radical (unpaired) electrons. The van der Waals surface area contributed by atoms with Gasteiger partial charge in [-0.2, -0.15) is 0 Å². The number of amides is 1. The van der Waals surface area contributed by atoms with Crippen LogP contribution < -0.4 is 10.5 Å². The van der Waals surface area contributed by atoms with Crippen molar-refractivity contribution in [3.05, 3.63) is 64.6 Å². The second-order valence-electron chi connectivity index (χ2n) is 7.25. The van der Waals surface area contributed by atoms with E-state index < -0.39 is 24.3 Å². The molecular weight excluding hydrogens is 414 g/mol. The summed E-state index contributed by atoms with van der Waals surface area (Å²) in [6.07, 6.45) is 2.90. The molecule has 0 aliphatic carbocycles. The molecule has 0 aliphatic heterocycles. The molecule has 168 valence electrons. The van der Waals surface area contributed by atoms with Gasteiger partial charge in [0.2, 0.25) is 5.88 Å². The quantitative estimate of drug-likeness (QED) is 0.277. The van der Waals surface area contributed by atoms with Crippen molar-refractivity contribution in [3.63, 3.8) is 0 Å². The lowest BCUT2D eigenvalue weighted by atomic mass is 9.97. The minimum absolute atomic E-state index is 0.0181. The number of carbonyl (C=O) groups is 3. The molecule has 3 rings (SSSR count). The lowest BCUT2D eigenvalue weighted by Crippen LogP contribution is -2.24. The number of hydrogen-bond acceptors (Lipinski definition) is 7. The molecule has 9 nitrogen and oxygen atoms in total. The second-order valence-corrected chi connectivity index (χ2v) is 7.25. The summed E-state index contributed by atoms with van der Waals surface area (Å²) in [5.41, 5.74) is 8.58. The van der Waals surface area contributed by atoms with Crippen LogP contribution >= 0.6 is 0 Å². The third-order valence-electron chi connectivity index (χ3n) is 5.02. The molecule has 3 aromatic rings. The molecule has 0 saturated heterocycles. The zero-order valence-electron chi connectivity index (χ0n) is 18.0. The summed E-state index contributed by atoms with van der Waals surface area (Å²) in [6, 6.07) is 9.62. The predicted molar refractivity (Wildman–Crippen MR) is 116 cm³/mol. The van der Waals surface area contributed by atoms with Crippen LogP contribution in [0.1, 0.15) is 39.3 Å². The van der Waals surface area contributed by atoms with Gasteiger partial charge in [0.05, 0.1) is 18.4 Å². The maximum absolute atomic E-state index is 12.9. The van der Waals surface area contributed by atoms with Gasteiger partial charge < -0.3 is 24.7 Å². The number of hydrogen-bond donors (Lipinski definition) is 2. The zero-order valence-corrected chi connectivity index (χ0v) is 18.0. The van der Waals surface area contributed by atoms with E-state index >= 15 is 0 Å². The molecular formula is C23H25N3O6. The fraction of sp³-hybridized carbons (Fsp3) is 0.304. The van der Waals surface area contributed by atoms with Crippen LogP contribution in [0.25, 0.3) is 5.52 Å². The molecule has 1 aromatic carbocycles. The molecule has 0 spiro atoms. The summed E-state index contributed by atoms with van der Waals surface area (Å²) in [5.74, 6) is -2.60. The average molecular weight is 439 g/mol. The molecule has 0 aliphatic rings. The standard InChI is InChI=1S/C23H25N3O6/c1-14-12-26-17(11-15-7-4-3-5-8-15)16(9-6-10-27)19(21(29)22(24)30)20(26)23(25-14)32-13-18(28)31-2/h3-5,7-8,12,27H,6,9-11,13H2,1-2H3,(H2,24,30). The molecule has 32 heavy (non-hydrogen) atoms. The topological polar surface area (TPSA) is 133 Å². The lowest BCUT2D eigenvalue weighted by molar-refractivity contribution is -0.143. The summed E-state index contributed by atoms with van der Waals surface area (Å²) >= 11 is 0. The highest BCUT2D eigenvalue weighted by Crippen LogP contribution is 2.33. The predicted octanol–water partition coefficient (Wildman–Crippen LogP) is 1.38. The highest BCUT2D eigenvalue weighted by atomic mass is 16.6. The largest absolute Gasteiger partial charge is 0.466 e. The minimum Gasteiger partial charge on any atom is -0.466 e. The summed E-state index contributed by atoms with van der Waals surface area (Å²) < 4.78 is 12.0. The van der Waals surface area contributed by atoms with Crippen LogP contribution in [0.3, 0.4) is 0 Å². The van der Waals surface area contributed by atoms with Gasteiger partial charge >= 0.3 is 5.97 Å². The van der Waals surface area contributed by atoms with Crippen molar-refractivity contribution in [2.45, 2.75) is 26.2 Å². The van der Waals surface area contributed by atoms with Crippen LogP contribution in [0.2, 0.25) is 0 Å². The van der Waals surface area contributed by atoms with Crippen molar-refractivity contribution in [1.29, 1.82) is 0 Å². The molecule has 2 heterocycles. The number of aliphatic hydroxyl groups is 1. The minimum atomic E-state index is -1.12. The molecule has 3 N–H and O–H groups in total. The number of primary amides is 1. The van der Waals surface area contributed by atoms with Crippen LogP contribution in [-0.4, -0.2) is 52.5 Å². The molecule has 0 fully saturated rings. The number of methoxy groups -OCH3 is 1. The first-order valence-corrected chi connectivity index (χ1v) is 10.1. The number of aliphatic hydroxyl groups excluding tert-OH is 1. The van der Waals surface area contributed by atoms with Crippen LogP contribution in [0.4, 0.5) is 0 Å². The third-order valence-corrected chi connectivity index (χ3v) is 5.02. The number of nitrogens with zero attached hydrogens (tertiary/aromatic N) is 2. The van der Waals surface area contributed by atoms with Gasteiger partial charge in [0, 0.05) is 24.9 Å². The first kappa shape index (κ1) is 23.0. The van der Waals surface area contributed by atoms with E-state index in [0.29, 0.717) is 30.5 Å². The second kappa shape index (κ2) is 10.1. The van der Waals surface area contributed by atoms with Gasteiger partial charge in [-0.25, -0.2) is 9.78 Å². The van der Waals surface area contributed by atoms with E-state index in [4.69, 9.17) is 10.5 Å². The molecule has 0 bridgehead atoms. The number of aromatic nitrogens is 2. The molecule has 0 atom stereocenters. The van der Waals surface area contributed by atoms with Gasteiger partial charge in [0.25, 0.3) is 11.7 Å². The third kappa shape index (κ3) is 4.78. The maximum atomic E-state index is 12.9. The first-order valence-electron chi connectivity index (χ1n) is 10.1. The number of Topliss-reactive ketones (excluding diaryl/α,β-unsaturated/α-hetero) is 1. The first-order chi connectivity index (χ1) is 15.4. The average Bonchev–Trinajstić information content (AvgIpc) is 3.08. The highest BCUT2D eigenvalue weighted by Gasteiger charge is 2.29.